The zero-order valence-corrected chi connectivity index (χ0v) is 13.6. The first-order valence-electron chi connectivity index (χ1n) is 7.87. The summed E-state index contributed by atoms with van der Waals surface area (Å²) in [6.07, 6.45) is 4.19. The van der Waals surface area contributed by atoms with Crippen molar-refractivity contribution in [3.05, 3.63) is 89.5 Å². The fourth-order valence-electron chi connectivity index (χ4n) is 3.73. The van der Waals surface area contributed by atoms with E-state index in [9.17, 15) is 4.79 Å². The van der Waals surface area contributed by atoms with Gasteiger partial charge in [-0.1, -0.05) is 72.8 Å². The van der Waals surface area contributed by atoms with Gasteiger partial charge in [0.15, 0.2) is 5.78 Å². The molecule has 0 saturated heterocycles. The van der Waals surface area contributed by atoms with E-state index in [1.807, 2.05) is 43.3 Å². The lowest BCUT2D eigenvalue weighted by Gasteiger charge is -2.44. The average molecular weight is 321 g/mol. The Balaban J connectivity index is 1.91. The molecule has 0 bridgehead atoms. The molecule has 23 heavy (non-hydrogen) atoms. The zero-order chi connectivity index (χ0) is 16.0. The molecule has 2 aliphatic rings. The molecule has 2 heteroatoms. The van der Waals surface area contributed by atoms with Crippen LogP contribution in [0.25, 0.3) is 5.57 Å². The van der Waals surface area contributed by atoms with E-state index in [-0.39, 0.29) is 17.6 Å². The second kappa shape index (κ2) is 5.21. The first kappa shape index (κ1) is 14.5. The predicted octanol–water partition coefficient (Wildman–Crippen LogP) is 4.87. The molecule has 3 atom stereocenters. The van der Waals surface area contributed by atoms with Gasteiger partial charge in [0.2, 0.25) is 0 Å². The van der Waals surface area contributed by atoms with Crippen LogP contribution in [0, 0.1) is 11.8 Å². The molecule has 4 rings (SSSR count). The van der Waals surface area contributed by atoms with E-state index in [1.165, 1.54) is 0 Å². The maximum atomic E-state index is 12.5. The molecule has 0 heterocycles. The van der Waals surface area contributed by atoms with E-state index < -0.39 is 4.87 Å². The average Bonchev–Trinajstić information content (AvgIpc) is 2.99. The Morgan fingerprint density at radius 1 is 0.957 bits per heavy atom. The van der Waals surface area contributed by atoms with Crippen molar-refractivity contribution in [2.75, 3.05) is 0 Å². The lowest BCUT2D eigenvalue weighted by atomic mass is 9.63. The lowest BCUT2D eigenvalue weighted by molar-refractivity contribution is -0.134. The summed E-state index contributed by atoms with van der Waals surface area (Å²) in [5.41, 5.74) is 4.50. The molecule has 0 radical (unpaired) electrons. The van der Waals surface area contributed by atoms with Crippen LogP contribution in [0.2, 0.25) is 0 Å². The summed E-state index contributed by atoms with van der Waals surface area (Å²) in [5, 5.41) is 0. The Morgan fingerprint density at radius 3 is 2.00 bits per heavy atom. The van der Waals surface area contributed by atoms with Crippen LogP contribution in [0.5, 0.6) is 0 Å². The molecular formula is C21H17ClO. The van der Waals surface area contributed by atoms with Crippen molar-refractivity contribution in [2.45, 2.75) is 11.8 Å². The number of allylic oxidation sites excluding steroid dienone is 3. The highest BCUT2D eigenvalue weighted by Gasteiger charge is 2.60. The molecule has 2 aromatic carbocycles. The summed E-state index contributed by atoms with van der Waals surface area (Å²) in [4.78, 5) is 11.8. The summed E-state index contributed by atoms with van der Waals surface area (Å²) in [7, 11) is 0. The molecule has 114 valence electrons. The number of Topliss-reactive ketones (excluding diaryl/α,β-unsaturated/α-hetero) is 1. The fourth-order valence-corrected chi connectivity index (χ4v) is 4.05. The zero-order valence-electron chi connectivity index (χ0n) is 12.9. The summed E-state index contributed by atoms with van der Waals surface area (Å²) in [5.74, 6) is 0.135. The van der Waals surface area contributed by atoms with E-state index in [0.29, 0.717) is 0 Å². The smallest absolute Gasteiger partial charge is 0.162 e. The number of benzene rings is 2. The van der Waals surface area contributed by atoms with Crippen molar-refractivity contribution in [1.82, 2.24) is 0 Å². The number of halogens is 1. The molecule has 2 aromatic rings. The van der Waals surface area contributed by atoms with Crippen LogP contribution < -0.4 is 0 Å². The molecule has 1 nitrogen and oxygen atoms in total. The van der Waals surface area contributed by atoms with Gasteiger partial charge in [0.1, 0.15) is 4.87 Å². The van der Waals surface area contributed by atoms with Crippen LogP contribution in [-0.2, 0) is 4.79 Å². The Labute approximate surface area is 141 Å². The molecule has 0 spiro atoms. The highest BCUT2D eigenvalue weighted by molar-refractivity contribution is 6.39. The van der Waals surface area contributed by atoms with Gasteiger partial charge in [-0.15, -0.1) is 11.6 Å². The van der Waals surface area contributed by atoms with Gasteiger partial charge in [-0.25, -0.2) is 0 Å². The van der Waals surface area contributed by atoms with Gasteiger partial charge in [-0.2, -0.15) is 0 Å². The number of hydrogen-bond donors (Lipinski definition) is 0. The highest BCUT2D eigenvalue weighted by Crippen LogP contribution is 2.55. The van der Waals surface area contributed by atoms with Crippen LogP contribution in [0.3, 0.4) is 0 Å². The minimum Gasteiger partial charge on any atom is -0.297 e. The van der Waals surface area contributed by atoms with Crippen molar-refractivity contribution >= 4 is 23.0 Å². The second-order valence-corrected chi connectivity index (χ2v) is 7.15. The van der Waals surface area contributed by atoms with Crippen LogP contribution in [-0.4, -0.2) is 10.7 Å². The van der Waals surface area contributed by atoms with E-state index in [1.54, 1.807) is 0 Å². The number of carbonyl (C=O) groups is 1. The van der Waals surface area contributed by atoms with Crippen LogP contribution >= 0.6 is 11.6 Å². The predicted molar refractivity (Wildman–Crippen MR) is 94.3 cm³/mol. The maximum absolute atomic E-state index is 12.5. The quantitative estimate of drug-likeness (QED) is 0.721. The molecule has 0 aliphatic heterocycles. The SMILES string of the molecule is CC1(Cl)C(=O)C2C(=C(c3ccccc3)c3ccccc3)C=CC21. The monoisotopic (exact) mass is 320 g/mol. The molecular weight excluding hydrogens is 304 g/mol. The van der Waals surface area contributed by atoms with Gasteiger partial charge in [0, 0.05) is 5.92 Å². The number of rotatable bonds is 2. The Bertz CT molecular complexity index is 774. The van der Waals surface area contributed by atoms with E-state index in [2.05, 4.69) is 36.4 Å². The first-order valence-corrected chi connectivity index (χ1v) is 8.25. The number of carbonyl (C=O) groups excluding carboxylic acids is 1. The second-order valence-electron chi connectivity index (χ2n) is 6.36. The van der Waals surface area contributed by atoms with E-state index in [0.717, 1.165) is 22.3 Å². The summed E-state index contributed by atoms with van der Waals surface area (Å²) < 4.78 is 0. The van der Waals surface area contributed by atoms with E-state index in [4.69, 9.17) is 11.6 Å². The first-order chi connectivity index (χ1) is 11.1. The number of hydrogen-bond acceptors (Lipinski definition) is 1. The third kappa shape index (κ3) is 2.11. The maximum Gasteiger partial charge on any atom is 0.162 e. The molecule has 0 N–H and O–H groups in total. The van der Waals surface area contributed by atoms with Gasteiger partial charge >= 0.3 is 0 Å². The molecule has 3 unspecified atom stereocenters. The minimum atomic E-state index is -0.749. The largest absolute Gasteiger partial charge is 0.297 e. The summed E-state index contributed by atoms with van der Waals surface area (Å²) in [6.45, 7) is 1.83. The Hall–Kier alpha value is -2.12. The highest BCUT2D eigenvalue weighted by atomic mass is 35.5. The van der Waals surface area contributed by atoms with Crippen molar-refractivity contribution in [3.8, 4) is 0 Å². The van der Waals surface area contributed by atoms with Gasteiger partial charge in [0.05, 0.1) is 5.92 Å². The van der Waals surface area contributed by atoms with E-state index >= 15 is 0 Å². The molecule has 0 amide bonds. The van der Waals surface area contributed by atoms with Gasteiger partial charge < -0.3 is 0 Å². The number of fused-ring (bicyclic) bond motifs is 1. The van der Waals surface area contributed by atoms with Gasteiger partial charge in [-0.05, 0) is 29.2 Å². The molecule has 0 aromatic heterocycles. The van der Waals surface area contributed by atoms with Gasteiger partial charge in [0.25, 0.3) is 0 Å². The van der Waals surface area contributed by atoms with Crippen molar-refractivity contribution in [3.63, 3.8) is 0 Å². The number of ketones is 1. The topological polar surface area (TPSA) is 17.1 Å². The summed E-state index contributed by atoms with van der Waals surface area (Å²) in [6, 6.07) is 20.5. The standard InChI is InChI=1S/C21H17ClO/c1-21(22)17-13-12-16(19(17)20(21)23)18(14-8-4-2-5-9-14)15-10-6-3-7-11-15/h2-13,17,19H,1H3. The lowest BCUT2D eigenvalue weighted by Crippen LogP contribution is -2.56. The minimum absolute atomic E-state index is 0.104. The Morgan fingerprint density at radius 2 is 1.48 bits per heavy atom. The molecule has 1 saturated carbocycles. The Kier molecular flexibility index (Phi) is 3.28. The molecule has 2 aliphatic carbocycles. The van der Waals surface area contributed by atoms with Gasteiger partial charge in [-0.3, -0.25) is 4.79 Å². The third-order valence-electron chi connectivity index (χ3n) is 4.98. The molecule has 1 fully saturated rings. The number of alkyl halides is 1. The van der Waals surface area contributed by atoms with Crippen molar-refractivity contribution in [2.24, 2.45) is 11.8 Å². The van der Waals surface area contributed by atoms with Crippen molar-refractivity contribution in [1.29, 1.82) is 0 Å². The van der Waals surface area contributed by atoms with Crippen LogP contribution in [0.1, 0.15) is 18.1 Å². The van der Waals surface area contributed by atoms with Crippen molar-refractivity contribution < 1.29 is 4.79 Å². The normalized spacial score (nSPS) is 28.4. The van der Waals surface area contributed by atoms with Crippen LogP contribution in [0.15, 0.2) is 78.4 Å². The third-order valence-corrected chi connectivity index (χ3v) is 5.42. The summed E-state index contributed by atoms with van der Waals surface area (Å²) >= 11 is 6.39. The fraction of sp³-hybridized carbons (Fsp3) is 0.190. The van der Waals surface area contributed by atoms with Crippen LogP contribution in [0.4, 0.5) is 0 Å².